The van der Waals surface area contributed by atoms with Crippen LogP contribution in [0.5, 0.6) is 0 Å². The Morgan fingerprint density at radius 2 is 2.00 bits per heavy atom. The summed E-state index contributed by atoms with van der Waals surface area (Å²) in [6.07, 6.45) is 1.65. The SMILES string of the molecule is O=C1Nc2ccccc2CCC1SCc1cc(-c2ccc(F)cc2)no1. The molecule has 1 N–H and O–H groups in total. The van der Waals surface area contributed by atoms with Crippen LogP contribution in [0.3, 0.4) is 0 Å². The van der Waals surface area contributed by atoms with E-state index in [1.165, 1.54) is 17.7 Å². The Morgan fingerprint density at radius 1 is 1.19 bits per heavy atom. The number of nitrogens with one attached hydrogen (secondary N) is 1. The summed E-state index contributed by atoms with van der Waals surface area (Å²) in [6.45, 7) is 0. The Hall–Kier alpha value is -2.60. The van der Waals surface area contributed by atoms with E-state index < -0.39 is 0 Å². The summed E-state index contributed by atoms with van der Waals surface area (Å²) >= 11 is 1.55. The smallest absolute Gasteiger partial charge is 0.237 e. The Kier molecular flexibility index (Phi) is 4.75. The number of para-hydroxylation sites is 1. The van der Waals surface area contributed by atoms with Gasteiger partial charge in [-0.15, -0.1) is 11.8 Å². The highest BCUT2D eigenvalue weighted by Crippen LogP contribution is 2.30. The average Bonchev–Trinajstić information content (AvgIpc) is 3.06. The molecule has 4 nitrogen and oxygen atoms in total. The van der Waals surface area contributed by atoms with Crippen LogP contribution in [0.4, 0.5) is 10.1 Å². The van der Waals surface area contributed by atoms with Crippen LogP contribution < -0.4 is 5.32 Å². The van der Waals surface area contributed by atoms with E-state index >= 15 is 0 Å². The van der Waals surface area contributed by atoms with Crippen LogP contribution in [0.2, 0.25) is 0 Å². The third-order valence-corrected chi connectivity index (χ3v) is 5.67. The second kappa shape index (κ2) is 7.33. The lowest BCUT2D eigenvalue weighted by atomic mass is 10.1. The number of halogens is 1. The Labute approximate surface area is 154 Å². The molecule has 26 heavy (non-hydrogen) atoms. The minimum Gasteiger partial charge on any atom is -0.360 e. The summed E-state index contributed by atoms with van der Waals surface area (Å²) in [5.74, 6) is 0.998. The number of hydrogen-bond acceptors (Lipinski definition) is 4. The zero-order valence-corrected chi connectivity index (χ0v) is 14.8. The van der Waals surface area contributed by atoms with Crippen LogP contribution in [0, 0.1) is 5.82 Å². The summed E-state index contributed by atoms with van der Waals surface area (Å²) in [5, 5.41) is 6.90. The summed E-state index contributed by atoms with van der Waals surface area (Å²) in [4.78, 5) is 12.4. The van der Waals surface area contributed by atoms with E-state index in [1.807, 2.05) is 30.3 Å². The van der Waals surface area contributed by atoms with Gasteiger partial charge in [0.15, 0.2) is 0 Å². The number of aromatic nitrogens is 1. The predicted octanol–water partition coefficient (Wildman–Crippen LogP) is 4.67. The lowest BCUT2D eigenvalue weighted by molar-refractivity contribution is -0.115. The van der Waals surface area contributed by atoms with Crippen molar-refractivity contribution in [2.45, 2.75) is 23.8 Å². The van der Waals surface area contributed by atoms with Gasteiger partial charge in [-0.05, 0) is 48.7 Å². The van der Waals surface area contributed by atoms with Crippen molar-refractivity contribution in [3.8, 4) is 11.3 Å². The first-order chi connectivity index (χ1) is 12.7. The highest BCUT2D eigenvalue weighted by molar-refractivity contribution is 7.99. The number of anilines is 1. The predicted molar refractivity (Wildman–Crippen MR) is 100 cm³/mol. The summed E-state index contributed by atoms with van der Waals surface area (Å²) in [6, 6.07) is 15.9. The van der Waals surface area contributed by atoms with Gasteiger partial charge in [0.05, 0.1) is 11.0 Å². The molecule has 0 aliphatic carbocycles. The minimum atomic E-state index is -0.284. The van der Waals surface area contributed by atoms with Crippen LogP contribution in [0.25, 0.3) is 11.3 Å². The van der Waals surface area contributed by atoms with Crippen molar-refractivity contribution in [3.05, 3.63) is 71.7 Å². The van der Waals surface area contributed by atoms with Gasteiger partial charge in [0.1, 0.15) is 17.3 Å². The second-order valence-corrected chi connectivity index (χ2v) is 7.36. The van der Waals surface area contributed by atoms with Crippen LogP contribution >= 0.6 is 11.8 Å². The first kappa shape index (κ1) is 16.8. The second-order valence-electron chi connectivity index (χ2n) is 6.17. The van der Waals surface area contributed by atoms with E-state index in [2.05, 4.69) is 10.5 Å². The molecule has 2 aromatic carbocycles. The molecule has 1 aliphatic heterocycles. The first-order valence-electron chi connectivity index (χ1n) is 8.41. The van der Waals surface area contributed by atoms with E-state index in [4.69, 9.17) is 4.52 Å². The van der Waals surface area contributed by atoms with E-state index in [-0.39, 0.29) is 17.0 Å². The number of amides is 1. The van der Waals surface area contributed by atoms with Crippen molar-refractivity contribution in [2.24, 2.45) is 0 Å². The molecule has 1 unspecified atom stereocenters. The van der Waals surface area contributed by atoms with Gasteiger partial charge in [-0.25, -0.2) is 4.39 Å². The molecule has 6 heteroatoms. The largest absolute Gasteiger partial charge is 0.360 e. The van der Waals surface area contributed by atoms with Crippen LogP contribution in [-0.2, 0) is 17.0 Å². The maximum Gasteiger partial charge on any atom is 0.237 e. The highest BCUT2D eigenvalue weighted by atomic mass is 32.2. The van der Waals surface area contributed by atoms with E-state index in [0.717, 1.165) is 24.1 Å². The normalized spacial score (nSPS) is 16.7. The number of carbonyl (C=O) groups excluding carboxylic acids is 1. The molecule has 0 fully saturated rings. The lowest BCUT2D eigenvalue weighted by Crippen LogP contribution is -2.23. The Morgan fingerprint density at radius 3 is 2.85 bits per heavy atom. The molecular formula is C20H17FN2O2S. The topological polar surface area (TPSA) is 55.1 Å². The van der Waals surface area contributed by atoms with Crippen molar-refractivity contribution >= 4 is 23.4 Å². The number of fused-ring (bicyclic) bond motifs is 1. The average molecular weight is 368 g/mol. The van der Waals surface area contributed by atoms with Crippen LogP contribution in [-0.4, -0.2) is 16.3 Å². The van der Waals surface area contributed by atoms with Crippen molar-refractivity contribution in [2.75, 3.05) is 5.32 Å². The molecule has 1 aromatic heterocycles. The van der Waals surface area contributed by atoms with Gasteiger partial charge in [-0.1, -0.05) is 23.4 Å². The molecule has 0 bridgehead atoms. The fourth-order valence-corrected chi connectivity index (χ4v) is 3.97. The third-order valence-electron chi connectivity index (χ3n) is 4.37. The number of carbonyl (C=O) groups is 1. The number of hydrogen-bond donors (Lipinski definition) is 1. The molecule has 1 aliphatic rings. The Bertz CT molecular complexity index is 924. The lowest BCUT2D eigenvalue weighted by Gasteiger charge is -2.11. The monoisotopic (exact) mass is 368 g/mol. The maximum absolute atomic E-state index is 13.0. The van der Waals surface area contributed by atoms with Gasteiger partial charge in [-0.3, -0.25) is 4.79 Å². The highest BCUT2D eigenvalue weighted by Gasteiger charge is 2.24. The van der Waals surface area contributed by atoms with E-state index in [9.17, 15) is 9.18 Å². The molecule has 0 spiro atoms. The Balaban J connectivity index is 1.40. The summed E-state index contributed by atoms with van der Waals surface area (Å²) < 4.78 is 18.4. The molecule has 4 rings (SSSR count). The van der Waals surface area contributed by atoms with E-state index in [0.29, 0.717) is 17.2 Å². The van der Waals surface area contributed by atoms with Gasteiger partial charge in [0.2, 0.25) is 5.91 Å². The molecule has 0 saturated heterocycles. The van der Waals surface area contributed by atoms with Crippen molar-refractivity contribution < 1.29 is 13.7 Å². The molecule has 3 aromatic rings. The van der Waals surface area contributed by atoms with Gasteiger partial charge in [0, 0.05) is 17.3 Å². The molecule has 1 amide bonds. The molecule has 1 atom stereocenters. The number of nitrogens with zero attached hydrogens (tertiary/aromatic N) is 1. The van der Waals surface area contributed by atoms with Crippen molar-refractivity contribution in [1.82, 2.24) is 5.16 Å². The number of aryl methyl sites for hydroxylation is 1. The van der Waals surface area contributed by atoms with Crippen molar-refractivity contribution in [1.29, 1.82) is 0 Å². The van der Waals surface area contributed by atoms with Gasteiger partial charge in [0.25, 0.3) is 0 Å². The van der Waals surface area contributed by atoms with Crippen LogP contribution in [0.15, 0.2) is 59.1 Å². The minimum absolute atomic E-state index is 0.0261. The van der Waals surface area contributed by atoms with Gasteiger partial charge < -0.3 is 9.84 Å². The number of thioether (sulfide) groups is 1. The molecule has 132 valence electrons. The quantitative estimate of drug-likeness (QED) is 0.727. The third kappa shape index (κ3) is 3.65. The molecule has 2 heterocycles. The fourth-order valence-electron chi connectivity index (χ4n) is 2.97. The van der Waals surface area contributed by atoms with E-state index in [1.54, 1.807) is 23.9 Å². The van der Waals surface area contributed by atoms with Gasteiger partial charge in [-0.2, -0.15) is 0 Å². The van der Waals surface area contributed by atoms with Crippen molar-refractivity contribution in [3.63, 3.8) is 0 Å². The number of benzene rings is 2. The molecular weight excluding hydrogens is 351 g/mol. The zero-order chi connectivity index (χ0) is 17.9. The maximum atomic E-state index is 13.0. The zero-order valence-electron chi connectivity index (χ0n) is 13.9. The van der Waals surface area contributed by atoms with Crippen LogP contribution in [0.1, 0.15) is 17.7 Å². The fraction of sp³-hybridized carbons (Fsp3) is 0.200. The molecule has 0 radical (unpaired) electrons. The van der Waals surface area contributed by atoms with Gasteiger partial charge >= 0.3 is 0 Å². The summed E-state index contributed by atoms with van der Waals surface area (Å²) in [5.41, 5.74) is 3.54. The summed E-state index contributed by atoms with van der Waals surface area (Å²) in [7, 11) is 0. The standard InChI is InChI=1S/C20H17FN2O2S/c21-15-8-5-14(6-9-15)18-11-16(25-23-18)12-26-19-10-7-13-3-1-2-4-17(13)22-20(19)24/h1-6,8-9,11,19H,7,10,12H2,(H,22,24). The first-order valence-corrected chi connectivity index (χ1v) is 9.46. The molecule has 0 saturated carbocycles. The number of rotatable bonds is 4.